The number of thiophene rings is 1. The molecule has 1 fully saturated rings. The second-order valence-electron chi connectivity index (χ2n) is 4.38. The van der Waals surface area contributed by atoms with Crippen LogP contribution >= 0.6 is 11.3 Å². The molecule has 6 nitrogen and oxygen atoms in total. The maximum atomic E-state index is 11.7. The predicted molar refractivity (Wildman–Crippen MR) is 71.4 cm³/mol. The Kier molecular flexibility index (Phi) is 4.56. The van der Waals surface area contributed by atoms with Crippen molar-refractivity contribution in [2.45, 2.75) is 29.6 Å². The van der Waals surface area contributed by atoms with Gasteiger partial charge in [0.1, 0.15) is 4.21 Å². The number of carbonyl (C=O) groups is 1. The van der Waals surface area contributed by atoms with Crippen molar-refractivity contribution in [3.05, 3.63) is 17.0 Å². The van der Waals surface area contributed by atoms with E-state index in [1.807, 2.05) is 0 Å². The van der Waals surface area contributed by atoms with E-state index < -0.39 is 10.0 Å². The molecule has 1 amide bonds. The van der Waals surface area contributed by atoms with E-state index in [2.05, 4.69) is 5.32 Å². The lowest BCUT2D eigenvalue weighted by molar-refractivity contribution is -0.120. The van der Waals surface area contributed by atoms with E-state index in [4.69, 9.17) is 9.88 Å². The molecule has 8 heteroatoms. The van der Waals surface area contributed by atoms with Crippen LogP contribution in [0, 0.1) is 0 Å². The third kappa shape index (κ3) is 4.27. The van der Waals surface area contributed by atoms with Crippen LogP contribution in [0.1, 0.15) is 17.7 Å². The van der Waals surface area contributed by atoms with Gasteiger partial charge in [-0.3, -0.25) is 4.79 Å². The number of amides is 1. The van der Waals surface area contributed by atoms with Gasteiger partial charge in [-0.2, -0.15) is 0 Å². The summed E-state index contributed by atoms with van der Waals surface area (Å²) in [5, 5.41) is 7.79. The van der Waals surface area contributed by atoms with Crippen LogP contribution in [-0.2, 0) is 26.0 Å². The van der Waals surface area contributed by atoms with Gasteiger partial charge in [-0.1, -0.05) is 0 Å². The average Bonchev–Trinajstić information content (AvgIpc) is 2.95. The minimum Gasteiger partial charge on any atom is -0.376 e. The molecule has 3 N–H and O–H groups in total. The van der Waals surface area contributed by atoms with E-state index in [0.29, 0.717) is 11.4 Å². The van der Waals surface area contributed by atoms with Gasteiger partial charge in [0.25, 0.3) is 0 Å². The number of nitrogens with two attached hydrogens (primary N) is 1. The Balaban J connectivity index is 1.83. The first-order chi connectivity index (χ1) is 8.95. The molecule has 1 aromatic heterocycles. The standard InChI is InChI=1S/C11H16N2O4S2/c12-19(15,16)11-4-3-9(18-11)6-10(14)13-7-8-2-1-5-17-8/h3-4,8H,1-2,5-7H2,(H,13,14)(H2,12,15,16). The molecule has 1 atom stereocenters. The van der Waals surface area contributed by atoms with E-state index in [0.717, 1.165) is 30.8 Å². The van der Waals surface area contributed by atoms with Crippen LogP contribution in [0.4, 0.5) is 0 Å². The maximum absolute atomic E-state index is 11.7. The highest BCUT2D eigenvalue weighted by Crippen LogP contribution is 2.20. The van der Waals surface area contributed by atoms with Crippen molar-refractivity contribution in [1.29, 1.82) is 0 Å². The Bertz CT molecular complexity index is 547. The summed E-state index contributed by atoms with van der Waals surface area (Å²) < 4.78 is 27.7. The first-order valence-corrected chi connectivity index (χ1v) is 8.31. The quantitative estimate of drug-likeness (QED) is 0.813. The number of primary sulfonamides is 1. The van der Waals surface area contributed by atoms with Gasteiger partial charge in [0.05, 0.1) is 12.5 Å². The summed E-state index contributed by atoms with van der Waals surface area (Å²) in [7, 11) is -3.68. The highest BCUT2D eigenvalue weighted by molar-refractivity contribution is 7.91. The Morgan fingerprint density at radius 1 is 1.53 bits per heavy atom. The number of nitrogens with one attached hydrogen (secondary N) is 1. The topological polar surface area (TPSA) is 98.5 Å². The van der Waals surface area contributed by atoms with Crippen molar-refractivity contribution in [2.75, 3.05) is 13.2 Å². The zero-order chi connectivity index (χ0) is 13.9. The summed E-state index contributed by atoms with van der Waals surface area (Å²) in [6, 6.07) is 3.03. The maximum Gasteiger partial charge on any atom is 0.247 e. The molecule has 2 heterocycles. The van der Waals surface area contributed by atoms with Crippen molar-refractivity contribution in [2.24, 2.45) is 5.14 Å². The average molecular weight is 304 g/mol. The van der Waals surface area contributed by atoms with Crippen molar-refractivity contribution in [1.82, 2.24) is 5.32 Å². The molecule has 0 spiro atoms. The molecular formula is C11H16N2O4S2. The highest BCUT2D eigenvalue weighted by atomic mass is 32.2. The molecular weight excluding hydrogens is 288 g/mol. The summed E-state index contributed by atoms with van der Waals surface area (Å²) >= 11 is 1.02. The number of rotatable bonds is 5. The minimum absolute atomic E-state index is 0.0782. The first-order valence-electron chi connectivity index (χ1n) is 5.95. The van der Waals surface area contributed by atoms with Crippen LogP contribution < -0.4 is 10.5 Å². The summed E-state index contributed by atoms with van der Waals surface area (Å²) in [6.45, 7) is 1.26. The molecule has 1 saturated heterocycles. The molecule has 0 bridgehead atoms. The number of hydrogen-bond donors (Lipinski definition) is 2. The second kappa shape index (κ2) is 6.00. The number of sulfonamides is 1. The molecule has 1 aliphatic heterocycles. The van der Waals surface area contributed by atoms with Gasteiger partial charge in [0.2, 0.25) is 15.9 Å². The molecule has 1 aliphatic rings. The zero-order valence-electron chi connectivity index (χ0n) is 10.3. The SMILES string of the molecule is NS(=O)(=O)c1ccc(CC(=O)NCC2CCCO2)s1. The Hall–Kier alpha value is -0.960. The molecule has 1 unspecified atom stereocenters. The highest BCUT2D eigenvalue weighted by Gasteiger charge is 2.17. The minimum atomic E-state index is -3.68. The van der Waals surface area contributed by atoms with Crippen molar-refractivity contribution >= 4 is 27.3 Å². The number of ether oxygens (including phenoxy) is 1. The fraction of sp³-hybridized carbons (Fsp3) is 0.545. The van der Waals surface area contributed by atoms with Gasteiger partial charge in [0, 0.05) is 18.0 Å². The number of hydrogen-bond acceptors (Lipinski definition) is 5. The molecule has 0 radical (unpaired) electrons. The Labute approximate surface area is 116 Å². The Morgan fingerprint density at radius 3 is 2.89 bits per heavy atom. The van der Waals surface area contributed by atoms with E-state index >= 15 is 0 Å². The van der Waals surface area contributed by atoms with Crippen molar-refractivity contribution in [3.8, 4) is 0 Å². The van der Waals surface area contributed by atoms with Crippen LogP contribution in [0.3, 0.4) is 0 Å². The fourth-order valence-electron chi connectivity index (χ4n) is 1.86. The van der Waals surface area contributed by atoms with E-state index in [9.17, 15) is 13.2 Å². The summed E-state index contributed by atoms with van der Waals surface area (Å²) in [4.78, 5) is 12.4. The lowest BCUT2D eigenvalue weighted by Crippen LogP contribution is -2.32. The molecule has 19 heavy (non-hydrogen) atoms. The molecule has 106 valence electrons. The van der Waals surface area contributed by atoms with Crippen molar-refractivity contribution in [3.63, 3.8) is 0 Å². The Morgan fingerprint density at radius 2 is 2.32 bits per heavy atom. The van der Waals surface area contributed by atoms with Crippen LogP contribution in [0.5, 0.6) is 0 Å². The molecule has 2 rings (SSSR count). The molecule has 0 saturated carbocycles. The van der Waals surface area contributed by atoms with Crippen LogP contribution in [0.25, 0.3) is 0 Å². The second-order valence-corrected chi connectivity index (χ2v) is 7.34. The summed E-state index contributed by atoms with van der Waals surface area (Å²) in [6.07, 6.45) is 2.26. The molecule has 1 aromatic rings. The predicted octanol–water partition coefficient (Wildman–Crippen LogP) is 0.233. The van der Waals surface area contributed by atoms with Gasteiger partial charge in [-0.05, 0) is 25.0 Å². The monoisotopic (exact) mass is 304 g/mol. The lowest BCUT2D eigenvalue weighted by atomic mass is 10.2. The van der Waals surface area contributed by atoms with E-state index in [1.54, 1.807) is 6.07 Å². The number of carbonyl (C=O) groups excluding carboxylic acids is 1. The molecule has 0 aromatic carbocycles. The normalized spacial score (nSPS) is 19.5. The van der Waals surface area contributed by atoms with Gasteiger partial charge in [0.15, 0.2) is 0 Å². The van der Waals surface area contributed by atoms with Gasteiger partial charge >= 0.3 is 0 Å². The van der Waals surface area contributed by atoms with Gasteiger partial charge in [-0.15, -0.1) is 11.3 Å². The van der Waals surface area contributed by atoms with Crippen LogP contribution in [0.2, 0.25) is 0 Å². The third-order valence-electron chi connectivity index (χ3n) is 2.80. The third-order valence-corrected chi connectivity index (χ3v) is 5.33. The lowest BCUT2D eigenvalue weighted by Gasteiger charge is -2.10. The van der Waals surface area contributed by atoms with Gasteiger partial charge < -0.3 is 10.1 Å². The van der Waals surface area contributed by atoms with Crippen LogP contribution in [-0.4, -0.2) is 33.6 Å². The smallest absolute Gasteiger partial charge is 0.247 e. The fourth-order valence-corrected chi connectivity index (χ4v) is 3.64. The largest absolute Gasteiger partial charge is 0.376 e. The van der Waals surface area contributed by atoms with Crippen molar-refractivity contribution < 1.29 is 17.9 Å². The summed E-state index contributed by atoms with van der Waals surface area (Å²) in [5.74, 6) is -0.140. The molecule has 0 aliphatic carbocycles. The van der Waals surface area contributed by atoms with Crippen LogP contribution in [0.15, 0.2) is 16.3 Å². The first kappa shape index (κ1) is 14.4. The van der Waals surface area contributed by atoms with E-state index in [-0.39, 0.29) is 22.6 Å². The summed E-state index contributed by atoms with van der Waals surface area (Å²) in [5.41, 5.74) is 0. The van der Waals surface area contributed by atoms with Gasteiger partial charge in [-0.25, -0.2) is 13.6 Å². The zero-order valence-corrected chi connectivity index (χ0v) is 11.9. The van der Waals surface area contributed by atoms with E-state index in [1.165, 1.54) is 6.07 Å².